The lowest BCUT2D eigenvalue weighted by atomic mass is 10.3. The van der Waals surface area contributed by atoms with Crippen LogP contribution in [0.1, 0.15) is 34.6 Å². The van der Waals surface area contributed by atoms with Gasteiger partial charge in [0.2, 0.25) is 6.17 Å². The molecule has 13 nitrogen and oxygen atoms in total. The maximum absolute atomic E-state index is 13.7. The predicted octanol–water partition coefficient (Wildman–Crippen LogP) is 9.47. The van der Waals surface area contributed by atoms with Gasteiger partial charge in [0.15, 0.2) is 23.2 Å². The van der Waals surface area contributed by atoms with Gasteiger partial charge >= 0.3 is 26.7 Å². The van der Waals surface area contributed by atoms with E-state index in [4.69, 9.17) is 13.1 Å². The molecule has 0 aromatic heterocycles. The van der Waals surface area contributed by atoms with Crippen molar-refractivity contribution in [2.75, 3.05) is 55.3 Å². The van der Waals surface area contributed by atoms with Crippen LogP contribution in [0.3, 0.4) is 0 Å². The highest BCUT2D eigenvalue weighted by molar-refractivity contribution is 6.87. The third-order valence-electron chi connectivity index (χ3n) is 9.35. The molecule has 2 unspecified atom stereocenters. The van der Waals surface area contributed by atoms with Crippen molar-refractivity contribution in [1.29, 1.82) is 0 Å². The number of hydrogen-bond donors (Lipinski definition) is 5. The number of anilines is 3. The summed E-state index contributed by atoms with van der Waals surface area (Å²) in [7, 11) is -6.89. The number of benzene rings is 3. The van der Waals surface area contributed by atoms with Crippen molar-refractivity contribution in [2.45, 2.75) is 92.2 Å². The number of carbonyl (C=O) groups excluding carboxylic acids is 3. The monoisotopic (exact) mass is 840 g/mol. The lowest BCUT2D eigenvalue weighted by molar-refractivity contribution is -0.726. The smallest absolute Gasteiger partial charge is 0.423 e. The molecule has 316 valence electrons. The number of hydrogen-bond acceptors (Lipinski definition) is 7. The Morgan fingerprint density at radius 1 is 0.702 bits per heavy atom. The van der Waals surface area contributed by atoms with Crippen LogP contribution in [0.15, 0.2) is 91.0 Å². The lowest BCUT2D eigenvalue weighted by Crippen LogP contribution is -2.53. The zero-order valence-electron chi connectivity index (χ0n) is 33.7. The molecular formula is C41H70N7O6Si3+. The van der Waals surface area contributed by atoms with Crippen LogP contribution in [-0.4, -0.2) is 98.2 Å². The van der Waals surface area contributed by atoms with E-state index >= 15 is 0 Å². The molecule has 1 fully saturated rings. The number of carbonyl (C=O) groups is 3. The molecule has 0 spiro atoms. The quantitative estimate of drug-likeness (QED) is 0.0237. The summed E-state index contributed by atoms with van der Waals surface area (Å²) >= 11 is 0. The first-order chi connectivity index (χ1) is 26.1. The molecule has 0 saturated carbocycles. The first-order valence-electron chi connectivity index (χ1n) is 19.3. The van der Waals surface area contributed by atoms with Crippen LogP contribution in [0.2, 0.25) is 51.4 Å². The molecule has 1 saturated heterocycles. The topological polar surface area (TPSA) is 142 Å². The van der Waals surface area contributed by atoms with E-state index in [-0.39, 0.29) is 43.6 Å². The molecule has 1 aliphatic rings. The number of quaternary nitrogens is 1. The largest absolute Gasteiger partial charge is 0.437 e. The van der Waals surface area contributed by atoms with Crippen LogP contribution in [0, 0.1) is 0 Å². The molecule has 1 heterocycles. The minimum Gasteiger partial charge on any atom is -0.437 e. The molecule has 0 radical (unpaired) electrons. The van der Waals surface area contributed by atoms with Gasteiger partial charge in [0, 0.05) is 36.7 Å². The van der Waals surface area contributed by atoms with Gasteiger partial charge in [0.25, 0.3) is 0 Å². The van der Waals surface area contributed by atoms with Crippen molar-refractivity contribution in [2.24, 2.45) is 0 Å². The van der Waals surface area contributed by atoms with E-state index in [0.29, 0.717) is 45.0 Å². The summed E-state index contributed by atoms with van der Waals surface area (Å²) in [5.74, 6) is 0. The lowest BCUT2D eigenvalue weighted by Gasteiger charge is -2.39. The van der Waals surface area contributed by atoms with Crippen molar-refractivity contribution >= 4 is 60.4 Å². The molecule has 5 N–H and O–H groups in total. The second kappa shape index (κ2) is 22.9. The summed E-state index contributed by atoms with van der Waals surface area (Å²) in [6.45, 7) is 18.3. The van der Waals surface area contributed by atoms with E-state index in [1.807, 2.05) is 103 Å². The van der Waals surface area contributed by atoms with Gasteiger partial charge in [-0.3, -0.25) is 10.6 Å². The first-order valence-corrected chi connectivity index (χ1v) is 28.4. The van der Waals surface area contributed by atoms with Crippen molar-refractivity contribution < 1.29 is 31.9 Å². The van der Waals surface area contributed by atoms with Gasteiger partial charge in [-0.2, -0.15) is 0 Å². The molecular weight excluding hydrogens is 771 g/mol. The summed E-state index contributed by atoms with van der Waals surface area (Å²) in [6.07, 6.45) is 1.25. The Labute approximate surface area is 345 Å². The highest BCUT2D eigenvalue weighted by atomic mass is 28.5. The number of urea groups is 3. The Hall–Kier alpha value is -3.88. The maximum Gasteiger partial charge on any atom is 0.423 e. The minimum atomic E-state index is -2.53. The van der Waals surface area contributed by atoms with Crippen LogP contribution < -0.4 is 26.7 Å². The van der Waals surface area contributed by atoms with Gasteiger partial charge in [-0.15, -0.1) is 0 Å². The number of para-hydroxylation sites is 3. The summed E-state index contributed by atoms with van der Waals surface area (Å²) in [5, 5.41) is 12.0. The number of nitrogens with one attached hydrogen (secondary N) is 5. The van der Waals surface area contributed by atoms with E-state index in [9.17, 15) is 14.4 Å². The highest BCUT2D eigenvalue weighted by Gasteiger charge is 2.62. The number of nitrogens with zero attached hydrogens (tertiary/aromatic N) is 2. The maximum atomic E-state index is 13.7. The molecule has 2 atom stereocenters. The van der Waals surface area contributed by atoms with Crippen molar-refractivity contribution in [3.05, 3.63) is 91.0 Å². The molecule has 4 rings (SSSR count). The third kappa shape index (κ3) is 16.9. The van der Waals surface area contributed by atoms with E-state index in [1.165, 1.54) is 0 Å². The second-order valence-corrected chi connectivity index (χ2v) is 28.1. The normalized spacial score (nSPS) is 16.3. The molecule has 1 aliphatic heterocycles. The number of amides is 6. The second-order valence-electron chi connectivity index (χ2n) is 15.7. The van der Waals surface area contributed by atoms with Crippen LogP contribution in [0.4, 0.5) is 31.4 Å². The fourth-order valence-electron chi connectivity index (χ4n) is 6.93. The Morgan fingerprint density at radius 3 is 1.72 bits per heavy atom. The van der Waals surface area contributed by atoms with Gasteiger partial charge < -0.3 is 28.6 Å². The van der Waals surface area contributed by atoms with E-state index < -0.39 is 25.2 Å². The van der Waals surface area contributed by atoms with E-state index in [2.05, 4.69) is 66.0 Å². The Balaban J connectivity index is 0.00000561. The van der Waals surface area contributed by atoms with E-state index in [1.54, 1.807) is 0 Å². The van der Waals surface area contributed by atoms with Crippen molar-refractivity contribution in [1.82, 2.24) is 15.7 Å². The van der Waals surface area contributed by atoms with Gasteiger partial charge in [-0.05, 0) is 108 Å². The van der Waals surface area contributed by atoms with Gasteiger partial charge in [-0.25, -0.2) is 24.3 Å². The van der Waals surface area contributed by atoms with Crippen LogP contribution >= 0.6 is 0 Å². The molecule has 16 heteroatoms. The molecule has 57 heavy (non-hydrogen) atoms. The molecule has 0 aliphatic carbocycles. The molecule has 3 aromatic carbocycles. The SMILES string of the molecule is C.C.CCONCCN(CCC[Si](C)(C)O[Si](C)(C)O[Si](C)(C)CCC[N+]1(C(=O)Nc2ccccc2)CC1NC(=O)Nc1ccccc1)C(=O)Nc1ccccc1. The highest BCUT2D eigenvalue weighted by Crippen LogP contribution is 2.34. The predicted molar refractivity (Wildman–Crippen MR) is 241 cm³/mol. The number of rotatable bonds is 21. The van der Waals surface area contributed by atoms with Crippen LogP contribution in [0.5, 0.6) is 0 Å². The molecule has 0 bridgehead atoms. The zero-order valence-corrected chi connectivity index (χ0v) is 36.7. The van der Waals surface area contributed by atoms with Gasteiger partial charge in [0.1, 0.15) is 0 Å². The average molecular weight is 841 g/mol. The first kappa shape index (κ1) is 49.3. The Bertz CT molecular complexity index is 1660. The summed E-state index contributed by atoms with van der Waals surface area (Å²) in [5.41, 5.74) is 5.09. The van der Waals surface area contributed by atoms with Crippen molar-refractivity contribution in [3.63, 3.8) is 0 Å². The number of hydroxylamine groups is 1. The fraction of sp³-hybridized carbons (Fsp3) is 0.488. The molecule has 3 aromatic rings. The zero-order chi connectivity index (χ0) is 40.0. The minimum absolute atomic E-state index is 0. The van der Waals surface area contributed by atoms with Gasteiger partial charge in [-0.1, -0.05) is 69.5 Å². The summed E-state index contributed by atoms with van der Waals surface area (Å²) in [6, 6.07) is 29.3. The standard InChI is InChI=1S/C39H61N7O6Si3.2CH4/c1-8-50-40-26-28-45(38(48)42-34-22-14-10-15-23-34)27-18-30-53(2,3)51-55(6,7)52-54(4,5)31-19-29-46(39(49)43-35-24-16-11-17-25-35)32-36(46)44-37(47)41-33-20-12-9-13-21-33;;/h9-17,20-25,36,40H,8,18-19,26-32H2,1-7H3,(H3-,41,42,43,44,47,48,49);2*1H4/p+1. The Morgan fingerprint density at radius 2 is 1.19 bits per heavy atom. The van der Waals surface area contributed by atoms with Crippen LogP contribution in [-0.2, 0) is 13.1 Å². The van der Waals surface area contributed by atoms with E-state index in [0.717, 1.165) is 36.3 Å². The summed E-state index contributed by atoms with van der Waals surface area (Å²) < 4.78 is 14.0. The van der Waals surface area contributed by atoms with Crippen LogP contribution in [0.25, 0.3) is 0 Å². The molecule has 6 amide bonds. The third-order valence-corrected chi connectivity index (χ3v) is 20.8. The average Bonchev–Trinajstić information content (AvgIpc) is 3.82. The fourth-order valence-corrected chi connectivity index (χ4v) is 21.0. The van der Waals surface area contributed by atoms with Gasteiger partial charge in [0.05, 0.1) is 13.2 Å². The van der Waals surface area contributed by atoms with Crippen molar-refractivity contribution in [3.8, 4) is 0 Å². The Kier molecular flexibility index (Phi) is 19.8. The summed E-state index contributed by atoms with van der Waals surface area (Å²) in [4.78, 5) is 46.9.